The summed E-state index contributed by atoms with van der Waals surface area (Å²) in [6.45, 7) is 3.87. The van der Waals surface area contributed by atoms with Gasteiger partial charge in [0.25, 0.3) is 0 Å². The van der Waals surface area contributed by atoms with Crippen LogP contribution in [-0.4, -0.2) is 21.7 Å². The van der Waals surface area contributed by atoms with E-state index in [0.29, 0.717) is 11.0 Å². The SMILES string of the molecule is CCc1c(Cl)ncnc1NC(C)(CO)c1ccccc1. The number of rotatable bonds is 5. The second kappa shape index (κ2) is 6.20. The molecule has 1 heterocycles. The zero-order chi connectivity index (χ0) is 14.6. The summed E-state index contributed by atoms with van der Waals surface area (Å²) >= 11 is 6.09. The lowest BCUT2D eigenvalue weighted by molar-refractivity contribution is 0.223. The summed E-state index contributed by atoms with van der Waals surface area (Å²) in [6.07, 6.45) is 2.14. The van der Waals surface area contributed by atoms with E-state index < -0.39 is 5.54 Å². The average Bonchev–Trinajstić information content (AvgIpc) is 2.48. The molecular formula is C15H18ClN3O. The molecule has 1 atom stereocenters. The second-order valence-electron chi connectivity index (χ2n) is 4.83. The van der Waals surface area contributed by atoms with Crippen molar-refractivity contribution in [2.45, 2.75) is 25.8 Å². The fraction of sp³-hybridized carbons (Fsp3) is 0.333. The molecule has 20 heavy (non-hydrogen) atoms. The molecule has 0 saturated heterocycles. The Morgan fingerprint density at radius 1 is 1.25 bits per heavy atom. The van der Waals surface area contributed by atoms with Gasteiger partial charge in [0, 0.05) is 5.56 Å². The van der Waals surface area contributed by atoms with Crippen LogP contribution in [0.1, 0.15) is 25.0 Å². The van der Waals surface area contributed by atoms with Crippen molar-refractivity contribution in [2.75, 3.05) is 11.9 Å². The molecule has 0 bridgehead atoms. The zero-order valence-electron chi connectivity index (χ0n) is 11.6. The first-order valence-corrected chi connectivity index (χ1v) is 6.92. The van der Waals surface area contributed by atoms with Gasteiger partial charge in [-0.2, -0.15) is 0 Å². The third-order valence-corrected chi connectivity index (χ3v) is 3.69. The summed E-state index contributed by atoms with van der Waals surface area (Å²) in [4.78, 5) is 8.24. The Morgan fingerprint density at radius 3 is 2.55 bits per heavy atom. The lowest BCUT2D eigenvalue weighted by Crippen LogP contribution is -2.36. The smallest absolute Gasteiger partial charge is 0.137 e. The van der Waals surface area contributed by atoms with E-state index in [1.165, 1.54) is 6.33 Å². The van der Waals surface area contributed by atoms with Crippen LogP contribution in [0.25, 0.3) is 0 Å². The van der Waals surface area contributed by atoms with Crippen molar-refractivity contribution in [3.05, 3.63) is 52.9 Å². The summed E-state index contributed by atoms with van der Waals surface area (Å²) in [7, 11) is 0. The van der Waals surface area contributed by atoms with Gasteiger partial charge in [0.15, 0.2) is 0 Å². The summed E-state index contributed by atoms with van der Waals surface area (Å²) in [5, 5.41) is 13.5. The van der Waals surface area contributed by atoms with E-state index in [1.54, 1.807) is 0 Å². The Balaban J connectivity index is 2.38. The summed E-state index contributed by atoms with van der Waals surface area (Å²) in [6, 6.07) is 9.77. The fourth-order valence-corrected chi connectivity index (χ4v) is 2.35. The van der Waals surface area contributed by atoms with Gasteiger partial charge in [0.1, 0.15) is 17.3 Å². The number of hydrogen-bond acceptors (Lipinski definition) is 4. The van der Waals surface area contributed by atoms with Gasteiger partial charge in [0.05, 0.1) is 12.1 Å². The molecule has 106 valence electrons. The largest absolute Gasteiger partial charge is 0.394 e. The van der Waals surface area contributed by atoms with Crippen LogP contribution in [0.5, 0.6) is 0 Å². The summed E-state index contributed by atoms with van der Waals surface area (Å²) < 4.78 is 0. The van der Waals surface area contributed by atoms with Crippen LogP contribution in [0.3, 0.4) is 0 Å². The topological polar surface area (TPSA) is 58.0 Å². The van der Waals surface area contributed by atoms with Crippen LogP contribution in [0.15, 0.2) is 36.7 Å². The van der Waals surface area contributed by atoms with Crippen molar-refractivity contribution in [2.24, 2.45) is 0 Å². The molecule has 1 aromatic heterocycles. The van der Waals surface area contributed by atoms with Gasteiger partial charge in [-0.05, 0) is 18.9 Å². The van der Waals surface area contributed by atoms with Crippen LogP contribution >= 0.6 is 11.6 Å². The van der Waals surface area contributed by atoms with Gasteiger partial charge in [-0.3, -0.25) is 0 Å². The van der Waals surface area contributed by atoms with E-state index in [4.69, 9.17) is 11.6 Å². The first-order valence-electron chi connectivity index (χ1n) is 6.54. The van der Waals surface area contributed by atoms with Crippen molar-refractivity contribution >= 4 is 17.4 Å². The minimum atomic E-state index is -0.622. The number of aliphatic hydroxyl groups excluding tert-OH is 1. The van der Waals surface area contributed by atoms with Crippen molar-refractivity contribution < 1.29 is 5.11 Å². The van der Waals surface area contributed by atoms with E-state index in [9.17, 15) is 5.11 Å². The second-order valence-corrected chi connectivity index (χ2v) is 5.18. The highest BCUT2D eigenvalue weighted by Gasteiger charge is 2.27. The van der Waals surface area contributed by atoms with Gasteiger partial charge in [0.2, 0.25) is 0 Å². The molecule has 2 N–H and O–H groups in total. The first kappa shape index (κ1) is 14.8. The molecule has 1 unspecified atom stereocenters. The predicted molar refractivity (Wildman–Crippen MR) is 80.9 cm³/mol. The van der Waals surface area contributed by atoms with Crippen LogP contribution in [0, 0.1) is 0 Å². The molecule has 2 rings (SSSR count). The number of benzene rings is 1. The van der Waals surface area contributed by atoms with E-state index in [1.807, 2.05) is 44.2 Å². The quantitative estimate of drug-likeness (QED) is 0.832. The molecule has 0 aliphatic heterocycles. The third-order valence-electron chi connectivity index (χ3n) is 3.37. The minimum absolute atomic E-state index is 0.0538. The number of anilines is 1. The summed E-state index contributed by atoms with van der Waals surface area (Å²) in [5.74, 6) is 0.660. The van der Waals surface area contributed by atoms with Gasteiger partial charge in [-0.25, -0.2) is 9.97 Å². The number of aliphatic hydroxyl groups is 1. The van der Waals surface area contributed by atoms with Crippen molar-refractivity contribution in [3.8, 4) is 0 Å². The number of nitrogens with zero attached hydrogens (tertiary/aromatic N) is 2. The highest BCUT2D eigenvalue weighted by Crippen LogP contribution is 2.28. The first-order chi connectivity index (χ1) is 9.60. The molecule has 0 spiro atoms. The standard InChI is InChI=1S/C15H18ClN3O/c1-3-12-13(16)17-10-18-14(12)19-15(2,9-20)11-7-5-4-6-8-11/h4-8,10,20H,3,9H2,1-2H3,(H,17,18,19). The Kier molecular flexibility index (Phi) is 4.57. The molecule has 0 amide bonds. The molecule has 0 radical (unpaired) electrons. The Bertz CT molecular complexity index is 577. The zero-order valence-corrected chi connectivity index (χ0v) is 12.4. The highest BCUT2D eigenvalue weighted by atomic mass is 35.5. The monoisotopic (exact) mass is 291 g/mol. The fourth-order valence-electron chi connectivity index (χ4n) is 2.08. The maximum Gasteiger partial charge on any atom is 0.137 e. The van der Waals surface area contributed by atoms with Gasteiger partial charge >= 0.3 is 0 Å². The number of nitrogens with one attached hydrogen (secondary N) is 1. The van der Waals surface area contributed by atoms with Gasteiger partial charge < -0.3 is 10.4 Å². The third kappa shape index (κ3) is 2.92. The Morgan fingerprint density at radius 2 is 1.95 bits per heavy atom. The molecule has 0 saturated carbocycles. The van der Waals surface area contributed by atoms with Gasteiger partial charge in [-0.1, -0.05) is 48.9 Å². The molecule has 0 fully saturated rings. The van der Waals surface area contributed by atoms with Crippen LogP contribution in [0.2, 0.25) is 5.15 Å². The summed E-state index contributed by atoms with van der Waals surface area (Å²) in [5.41, 5.74) is 1.21. The number of aromatic nitrogens is 2. The van der Waals surface area contributed by atoms with E-state index >= 15 is 0 Å². The lowest BCUT2D eigenvalue weighted by Gasteiger charge is -2.30. The maximum absolute atomic E-state index is 9.79. The van der Waals surface area contributed by atoms with Crippen molar-refractivity contribution in [1.29, 1.82) is 0 Å². The van der Waals surface area contributed by atoms with E-state index in [0.717, 1.165) is 17.5 Å². The minimum Gasteiger partial charge on any atom is -0.394 e. The molecular weight excluding hydrogens is 274 g/mol. The normalized spacial score (nSPS) is 13.8. The van der Waals surface area contributed by atoms with Crippen LogP contribution in [0.4, 0.5) is 5.82 Å². The van der Waals surface area contributed by atoms with Crippen molar-refractivity contribution in [1.82, 2.24) is 9.97 Å². The lowest BCUT2D eigenvalue weighted by atomic mass is 9.92. The van der Waals surface area contributed by atoms with Crippen LogP contribution < -0.4 is 5.32 Å². The highest BCUT2D eigenvalue weighted by molar-refractivity contribution is 6.30. The Labute approximate surface area is 123 Å². The van der Waals surface area contributed by atoms with E-state index in [2.05, 4.69) is 15.3 Å². The molecule has 5 heteroatoms. The molecule has 2 aromatic rings. The number of halogens is 1. The molecule has 0 aliphatic carbocycles. The predicted octanol–water partition coefficient (Wildman–Crippen LogP) is 3.01. The molecule has 0 aliphatic rings. The van der Waals surface area contributed by atoms with Crippen molar-refractivity contribution in [3.63, 3.8) is 0 Å². The molecule has 4 nitrogen and oxygen atoms in total. The van der Waals surface area contributed by atoms with Crippen LogP contribution in [-0.2, 0) is 12.0 Å². The van der Waals surface area contributed by atoms with E-state index in [-0.39, 0.29) is 6.61 Å². The molecule has 1 aromatic carbocycles. The maximum atomic E-state index is 9.79. The average molecular weight is 292 g/mol. The Hall–Kier alpha value is -1.65. The number of hydrogen-bond donors (Lipinski definition) is 2. The van der Waals surface area contributed by atoms with Gasteiger partial charge in [-0.15, -0.1) is 0 Å².